The molecule has 0 aliphatic carbocycles. The van der Waals surface area contributed by atoms with Gasteiger partial charge < -0.3 is 4.90 Å². The first-order chi connectivity index (χ1) is 11.0. The second kappa shape index (κ2) is 7.83. The Balaban J connectivity index is 2.24. The van der Waals surface area contributed by atoms with Gasteiger partial charge in [0.15, 0.2) is 0 Å². The summed E-state index contributed by atoms with van der Waals surface area (Å²) in [5, 5.41) is 0. The van der Waals surface area contributed by atoms with E-state index >= 15 is 0 Å². The summed E-state index contributed by atoms with van der Waals surface area (Å²) in [5.41, 5.74) is 1.31. The van der Waals surface area contributed by atoms with Crippen LogP contribution in [0.15, 0.2) is 42.5 Å². The van der Waals surface area contributed by atoms with Gasteiger partial charge in [-0.2, -0.15) is 0 Å². The highest BCUT2D eigenvalue weighted by Crippen LogP contribution is 2.16. The van der Waals surface area contributed by atoms with E-state index in [0.29, 0.717) is 17.9 Å². The van der Waals surface area contributed by atoms with Crippen molar-refractivity contribution in [2.75, 3.05) is 32.1 Å². The average molecular weight is 315 g/mol. The Hall–Kier alpha value is -2.27. The maximum absolute atomic E-state index is 13.1. The van der Waals surface area contributed by atoms with E-state index in [1.807, 2.05) is 39.2 Å². The first-order valence-electron chi connectivity index (χ1n) is 7.63. The van der Waals surface area contributed by atoms with E-state index in [0.717, 1.165) is 18.7 Å². The van der Waals surface area contributed by atoms with Crippen LogP contribution in [0.4, 0.5) is 10.2 Å². The van der Waals surface area contributed by atoms with E-state index in [4.69, 9.17) is 0 Å². The maximum Gasteiger partial charge on any atom is 0.259 e. The topological polar surface area (TPSA) is 36.4 Å². The molecule has 122 valence electrons. The molecule has 0 atom stereocenters. The molecule has 1 aromatic heterocycles. The highest BCUT2D eigenvalue weighted by atomic mass is 19.1. The second-order valence-electron chi connectivity index (χ2n) is 5.76. The standard InChI is InChI=1S/C18H22FN3O/c1-14-6-4-7-17(20-14)22(13-5-12-21(2)3)18(23)15-8-10-16(19)11-9-15/h4,6-11H,5,12-13H2,1-3H3. The van der Waals surface area contributed by atoms with Crippen LogP contribution in [0.5, 0.6) is 0 Å². The minimum atomic E-state index is -0.352. The number of aryl methyl sites for hydroxylation is 1. The number of nitrogens with zero attached hydrogens (tertiary/aromatic N) is 3. The molecule has 5 heteroatoms. The molecule has 0 bridgehead atoms. The van der Waals surface area contributed by atoms with E-state index in [1.165, 1.54) is 24.3 Å². The minimum Gasteiger partial charge on any atom is -0.309 e. The zero-order valence-electron chi connectivity index (χ0n) is 13.8. The van der Waals surface area contributed by atoms with Gasteiger partial charge in [0, 0.05) is 17.8 Å². The molecule has 2 rings (SSSR count). The number of hydrogen-bond donors (Lipinski definition) is 0. The summed E-state index contributed by atoms with van der Waals surface area (Å²) in [6.07, 6.45) is 0.829. The summed E-state index contributed by atoms with van der Waals surface area (Å²) in [6.45, 7) is 3.33. The molecule has 1 heterocycles. The smallest absolute Gasteiger partial charge is 0.259 e. The number of carbonyl (C=O) groups is 1. The number of benzene rings is 1. The Morgan fingerprint density at radius 3 is 2.39 bits per heavy atom. The number of aromatic nitrogens is 1. The van der Waals surface area contributed by atoms with Gasteiger partial charge in [0.2, 0.25) is 0 Å². The number of anilines is 1. The Labute approximate surface area is 136 Å². The van der Waals surface area contributed by atoms with Gasteiger partial charge in [-0.25, -0.2) is 9.37 Å². The molecule has 0 spiro atoms. The van der Waals surface area contributed by atoms with Crippen LogP contribution in [-0.2, 0) is 0 Å². The molecule has 1 aromatic carbocycles. The van der Waals surface area contributed by atoms with Gasteiger partial charge in [0.25, 0.3) is 5.91 Å². The number of halogens is 1. The van der Waals surface area contributed by atoms with Gasteiger partial charge in [0.1, 0.15) is 11.6 Å². The lowest BCUT2D eigenvalue weighted by molar-refractivity contribution is 0.0985. The molecule has 4 nitrogen and oxygen atoms in total. The molecule has 2 aromatic rings. The lowest BCUT2D eigenvalue weighted by Crippen LogP contribution is -2.34. The lowest BCUT2D eigenvalue weighted by atomic mass is 10.2. The van der Waals surface area contributed by atoms with E-state index in [1.54, 1.807) is 4.90 Å². The SMILES string of the molecule is Cc1cccc(N(CCCN(C)C)C(=O)c2ccc(F)cc2)n1. The predicted octanol–water partition coefficient (Wildman–Crippen LogP) is 3.13. The van der Waals surface area contributed by atoms with Crippen LogP contribution in [0.3, 0.4) is 0 Å². The van der Waals surface area contributed by atoms with E-state index in [9.17, 15) is 9.18 Å². The summed E-state index contributed by atoms with van der Waals surface area (Å²) >= 11 is 0. The molecule has 23 heavy (non-hydrogen) atoms. The van der Waals surface area contributed by atoms with Crippen molar-refractivity contribution in [1.82, 2.24) is 9.88 Å². The highest BCUT2D eigenvalue weighted by molar-refractivity contribution is 6.05. The fraction of sp³-hybridized carbons (Fsp3) is 0.333. The van der Waals surface area contributed by atoms with Gasteiger partial charge >= 0.3 is 0 Å². The van der Waals surface area contributed by atoms with Crippen molar-refractivity contribution in [2.24, 2.45) is 0 Å². The third kappa shape index (κ3) is 4.86. The van der Waals surface area contributed by atoms with Crippen molar-refractivity contribution in [2.45, 2.75) is 13.3 Å². The quantitative estimate of drug-likeness (QED) is 0.822. The van der Waals surface area contributed by atoms with Crippen molar-refractivity contribution < 1.29 is 9.18 Å². The normalized spacial score (nSPS) is 10.8. The van der Waals surface area contributed by atoms with Crippen molar-refractivity contribution in [1.29, 1.82) is 0 Å². The van der Waals surface area contributed by atoms with Crippen molar-refractivity contribution >= 4 is 11.7 Å². The van der Waals surface area contributed by atoms with E-state index < -0.39 is 0 Å². The van der Waals surface area contributed by atoms with Crippen LogP contribution in [0, 0.1) is 12.7 Å². The lowest BCUT2D eigenvalue weighted by Gasteiger charge is -2.23. The van der Waals surface area contributed by atoms with Crippen LogP contribution in [0.2, 0.25) is 0 Å². The highest BCUT2D eigenvalue weighted by Gasteiger charge is 2.18. The second-order valence-corrected chi connectivity index (χ2v) is 5.76. The largest absolute Gasteiger partial charge is 0.309 e. The van der Waals surface area contributed by atoms with Gasteiger partial charge in [-0.15, -0.1) is 0 Å². The number of hydrogen-bond acceptors (Lipinski definition) is 3. The third-order valence-corrected chi connectivity index (χ3v) is 3.47. The van der Waals surface area contributed by atoms with Gasteiger partial charge in [-0.3, -0.25) is 9.69 Å². The maximum atomic E-state index is 13.1. The van der Waals surface area contributed by atoms with Crippen LogP contribution >= 0.6 is 0 Å². The Morgan fingerprint density at radius 2 is 1.78 bits per heavy atom. The summed E-state index contributed by atoms with van der Waals surface area (Å²) in [6, 6.07) is 11.2. The predicted molar refractivity (Wildman–Crippen MR) is 90.2 cm³/mol. The zero-order chi connectivity index (χ0) is 16.8. The van der Waals surface area contributed by atoms with Crippen molar-refractivity contribution in [3.8, 4) is 0 Å². The van der Waals surface area contributed by atoms with Crippen LogP contribution in [-0.4, -0.2) is 43.0 Å². The Bertz CT molecular complexity index is 656. The molecule has 0 aliphatic rings. The first-order valence-corrected chi connectivity index (χ1v) is 7.63. The summed E-state index contributed by atoms with van der Waals surface area (Å²) in [7, 11) is 3.99. The molecule has 0 N–H and O–H groups in total. The molecule has 0 unspecified atom stereocenters. The fourth-order valence-corrected chi connectivity index (χ4v) is 2.29. The monoisotopic (exact) mass is 315 g/mol. The van der Waals surface area contributed by atoms with Crippen molar-refractivity contribution in [3.63, 3.8) is 0 Å². The fourth-order valence-electron chi connectivity index (χ4n) is 2.29. The molecule has 0 fully saturated rings. The Kier molecular flexibility index (Phi) is 5.82. The van der Waals surface area contributed by atoms with Crippen LogP contribution < -0.4 is 4.90 Å². The van der Waals surface area contributed by atoms with Crippen molar-refractivity contribution in [3.05, 3.63) is 59.5 Å². The molecule has 0 saturated carbocycles. The third-order valence-electron chi connectivity index (χ3n) is 3.47. The molecule has 0 aliphatic heterocycles. The molecular weight excluding hydrogens is 293 g/mol. The summed E-state index contributed by atoms with van der Waals surface area (Å²) in [4.78, 5) is 21.0. The number of amides is 1. The molecule has 1 amide bonds. The van der Waals surface area contributed by atoms with Gasteiger partial charge in [-0.05, 0) is 70.4 Å². The Morgan fingerprint density at radius 1 is 1.09 bits per heavy atom. The van der Waals surface area contributed by atoms with Crippen LogP contribution in [0.1, 0.15) is 22.5 Å². The first kappa shape index (κ1) is 17.1. The number of rotatable bonds is 6. The zero-order valence-corrected chi connectivity index (χ0v) is 13.8. The van der Waals surface area contributed by atoms with Crippen LogP contribution in [0.25, 0.3) is 0 Å². The van der Waals surface area contributed by atoms with Gasteiger partial charge in [0.05, 0.1) is 0 Å². The molecule has 0 saturated heterocycles. The number of carbonyl (C=O) groups excluding carboxylic acids is 1. The summed E-state index contributed by atoms with van der Waals surface area (Å²) < 4.78 is 13.1. The summed E-state index contributed by atoms with van der Waals surface area (Å²) in [5.74, 6) is 0.106. The molecule has 0 radical (unpaired) electrons. The minimum absolute atomic E-state index is 0.165. The van der Waals surface area contributed by atoms with E-state index in [2.05, 4.69) is 9.88 Å². The average Bonchev–Trinajstić information content (AvgIpc) is 2.51. The molecular formula is C18H22FN3O. The van der Waals surface area contributed by atoms with Gasteiger partial charge in [-0.1, -0.05) is 6.07 Å². The number of pyridine rings is 1. The van der Waals surface area contributed by atoms with E-state index in [-0.39, 0.29) is 11.7 Å².